The lowest BCUT2D eigenvalue weighted by atomic mass is 10.1. The second kappa shape index (κ2) is 8.23. The Kier molecular flexibility index (Phi) is 5.56. The van der Waals surface area contributed by atoms with Crippen molar-refractivity contribution in [3.05, 3.63) is 71.7 Å². The molecule has 6 heteroatoms. The van der Waals surface area contributed by atoms with Crippen LogP contribution < -0.4 is 10.8 Å². The number of aromatic nitrogens is 2. The van der Waals surface area contributed by atoms with E-state index in [4.69, 9.17) is 5.21 Å². The Hall–Kier alpha value is -2.96. The second-order valence-corrected chi connectivity index (χ2v) is 5.72. The Morgan fingerprint density at radius 1 is 1.24 bits per heavy atom. The number of carbonyl (C=O) groups excluding carboxylic acids is 1. The number of amides is 1. The van der Waals surface area contributed by atoms with Gasteiger partial charge in [-0.25, -0.2) is 5.48 Å². The van der Waals surface area contributed by atoms with E-state index in [0.717, 1.165) is 29.7 Å². The predicted octanol–water partition coefficient (Wildman–Crippen LogP) is 2.41. The number of hydrogen-bond donors (Lipinski definition) is 4. The fourth-order valence-corrected chi connectivity index (χ4v) is 2.56. The molecule has 0 aliphatic heterocycles. The first-order chi connectivity index (χ1) is 12.2. The third kappa shape index (κ3) is 4.76. The zero-order valence-electron chi connectivity index (χ0n) is 13.7. The molecule has 6 nitrogen and oxygen atoms in total. The van der Waals surface area contributed by atoms with Crippen LogP contribution in [0, 0.1) is 0 Å². The summed E-state index contributed by atoms with van der Waals surface area (Å²) >= 11 is 0. The number of rotatable bonds is 7. The van der Waals surface area contributed by atoms with Crippen molar-refractivity contribution in [2.45, 2.75) is 13.0 Å². The molecule has 0 fully saturated rings. The molecule has 0 aliphatic carbocycles. The molecule has 1 aromatic carbocycles. The van der Waals surface area contributed by atoms with Gasteiger partial charge in [-0.05, 0) is 59.8 Å². The summed E-state index contributed by atoms with van der Waals surface area (Å²) in [6, 6.07) is 12.3. The number of nitrogens with one attached hydrogen (secondary N) is 3. The highest BCUT2D eigenvalue weighted by molar-refractivity contribution is 5.90. The zero-order valence-corrected chi connectivity index (χ0v) is 13.7. The third-order valence-electron chi connectivity index (χ3n) is 3.90. The number of hydroxylamine groups is 1. The van der Waals surface area contributed by atoms with E-state index in [1.165, 1.54) is 17.0 Å². The molecule has 0 saturated carbocycles. The van der Waals surface area contributed by atoms with Gasteiger partial charge in [0.25, 0.3) is 5.91 Å². The van der Waals surface area contributed by atoms with Crippen LogP contribution in [0.1, 0.15) is 16.8 Å². The maximum absolute atomic E-state index is 10.9. The van der Waals surface area contributed by atoms with Crippen molar-refractivity contribution >= 4 is 22.9 Å². The van der Waals surface area contributed by atoms with Gasteiger partial charge in [0.2, 0.25) is 0 Å². The molecule has 0 atom stereocenters. The molecule has 4 N–H and O–H groups in total. The molecule has 0 spiro atoms. The van der Waals surface area contributed by atoms with Crippen LogP contribution in [0.25, 0.3) is 17.0 Å². The molecule has 3 aromatic rings. The summed E-state index contributed by atoms with van der Waals surface area (Å²) in [5, 5.41) is 13.0. The molecular formula is C19H20N4O2. The first kappa shape index (κ1) is 16.9. The van der Waals surface area contributed by atoms with Gasteiger partial charge in [-0.1, -0.05) is 12.1 Å². The molecule has 0 saturated heterocycles. The first-order valence-electron chi connectivity index (χ1n) is 8.08. The summed E-state index contributed by atoms with van der Waals surface area (Å²) < 4.78 is 0. The monoisotopic (exact) mass is 336 g/mol. The number of fused-ring (bicyclic) bond motifs is 1. The minimum absolute atomic E-state index is 0.566. The third-order valence-corrected chi connectivity index (χ3v) is 3.90. The molecule has 128 valence electrons. The van der Waals surface area contributed by atoms with E-state index in [9.17, 15) is 4.79 Å². The highest BCUT2D eigenvalue weighted by atomic mass is 16.5. The highest BCUT2D eigenvalue weighted by Crippen LogP contribution is 2.14. The smallest absolute Gasteiger partial charge is 0.267 e. The lowest BCUT2D eigenvalue weighted by Crippen LogP contribution is -2.17. The summed E-state index contributed by atoms with van der Waals surface area (Å²) in [4.78, 5) is 18.5. The molecule has 3 rings (SSSR count). The number of pyridine rings is 1. The van der Waals surface area contributed by atoms with Crippen LogP contribution in [0.5, 0.6) is 0 Å². The van der Waals surface area contributed by atoms with Gasteiger partial charge >= 0.3 is 0 Å². The average Bonchev–Trinajstić information content (AvgIpc) is 3.12. The Labute approximate surface area is 145 Å². The van der Waals surface area contributed by atoms with Gasteiger partial charge in [-0.3, -0.25) is 15.0 Å². The maximum Gasteiger partial charge on any atom is 0.267 e. The van der Waals surface area contributed by atoms with Crippen molar-refractivity contribution in [2.24, 2.45) is 0 Å². The van der Waals surface area contributed by atoms with Crippen LogP contribution in [0.4, 0.5) is 0 Å². The number of aromatic amines is 1. The zero-order chi connectivity index (χ0) is 17.5. The first-order valence-corrected chi connectivity index (χ1v) is 8.08. The summed E-state index contributed by atoms with van der Waals surface area (Å²) in [7, 11) is 0. The lowest BCUT2D eigenvalue weighted by molar-refractivity contribution is -0.124. The van der Waals surface area contributed by atoms with Crippen molar-refractivity contribution in [3.63, 3.8) is 0 Å². The van der Waals surface area contributed by atoms with Crippen LogP contribution in [-0.2, 0) is 17.8 Å². The SMILES string of the molecule is O=C(/C=C/c1ccc(CNCCc2ccc3[nH]ccc3c2)nc1)NO. The summed E-state index contributed by atoms with van der Waals surface area (Å²) in [5.74, 6) is -0.566. The molecule has 25 heavy (non-hydrogen) atoms. The summed E-state index contributed by atoms with van der Waals surface area (Å²) in [6.45, 7) is 1.56. The fraction of sp³-hybridized carbons (Fsp3) is 0.158. The minimum Gasteiger partial charge on any atom is -0.361 e. The second-order valence-electron chi connectivity index (χ2n) is 5.72. The van der Waals surface area contributed by atoms with Crippen molar-refractivity contribution in [1.82, 2.24) is 20.8 Å². The van der Waals surface area contributed by atoms with E-state index in [1.54, 1.807) is 17.8 Å². The largest absolute Gasteiger partial charge is 0.361 e. The Bertz CT molecular complexity index is 869. The van der Waals surface area contributed by atoms with Crippen LogP contribution in [0.15, 0.2) is 54.9 Å². The topological polar surface area (TPSA) is 90.0 Å². The standard InChI is InChI=1S/C19H20N4O2/c24-19(23-25)6-3-15-1-4-17(22-12-15)13-20-9-7-14-2-5-18-16(11-14)8-10-21-18/h1-6,8,10-12,20-21,25H,7,9,13H2,(H,23,24)/b6-3+. The van der Waals surface area contributed by atoms with E-state index in [2.05, 4.69) is 39.6 Å². The van der Waals surface area contributed by atoms with Gasteiger partial charge in [0.1, 0.15) is 0 Å². The number of hydrogen-bond acceptors (Lipinski definition) is 4. The van der Waals surface area contributed by atoms with Crippen LogP contribution in [-0.4, -0.2) is 27.6 Å². The van der Waals surface area contributed by atoms with Crippen molar-refractivity contribution in [3.8, 4) is 0 Å². The minimum atomic E-state index is -0.566. The van der Waals surface area contributed by atoms with E-state index in [0.29, 0.717) is 6.54 Å². The van der Waals surface area contributed by atoms with Crippen LogP contribution in [0.3, 0.4) is 0 Å². The quantitative estimate of drug-likeness (QED) is 0.231. The summed E-state index contributed by atoms with van der Waals surface area (Å²) in [5.41, 5.74) is 5.74. The van der Waals surface area contributed by atoms with E-state index in [1.807, 2.05) is 18.3 Å². The molecule has 0 unspecified atom stereocenters. The maximum atomic E-state index is 10.9. The molecule has 0 bridgehead atoms. The molecule has 1 amide bonds. The normalized spacial score (nSPS) is 11.2. The van der Waals surface area contributed by atoms with Crippen molar-refractivity contribution in [1.29, 1.82) is 0 Å². The van der Waals surface area contributed by atoms with Gasteiger partial charge in [0, 0.05) is 30.5 Å². The van der Waals surface area contributed by atoms with E-state index >= 15 is 0 Å². The fourth-order valence-electron chi connectivity index (χ4n) is 2.56. The van der Waals surface area contributed by atoms with Gasteiger partial charge in [0.15, 0.2) is 0 Å². The Morgan fingerprint density at radius 2 is 2.16 bits per heavy atom. The number of nitrogens with zero attached hydrogens (tertiary/aromatic N) is 1. The van der Waals surface area contributed by atoms with E-state index < -0.39 is 5.91 Å². The van der Waals surface area contributed by atoms with Gasteiger partial charge in [-0.2, -0.15) is 0 Å². The van der Waals surface area contributed by atoms with Gasteiger partial charge < -0.3 is 10.3 Å². The lowest BCUT2D eigenvalue weighted by Gasteiger charge is -2.05. The number of benzene rings is 1. The highest BCUT2D eigenvalue weighted by Gasteiger charge is 1.99. The molecule has 0 aliphatic rings. The van der Waals surface area contributed by atoms with E-state index in [-0.39, 0.29) is 0 Å². The molecule has 0 radical (unpaired) electrons. The van der Waals surface area contributed by atoms with Crippen LogP contribution >= 0.6 is 0 Å². The predicted molar refractivity (Wildman–Crippen MR) is 96.9 cm³/mol. The Morgan fingerprint density at radius 3 is 2.96 bits per heavy atom. The molecule has 2 heterocycles. The van der Waals surface area contributed by atoms with Gasteiger partial charge in [-0.15, -0.1) is 0 Å². The average molecular weight is 336 g/mol. The number of H-pyrrole nitrogens is 1. The van der Waals surface area contributed by atoms with Crippen molar-refractivity contribution in [2.75, 3.05) is 6.54 Å². The number of carbonyl (C=O) groups is 1. The molecule has 2 aromatic heterocycles. The van der Waals surface area contributed by atoms with Gasteiger partial charge in [0.05, 0.1) is 5.69 Å². The summed E-state index contributed by atoms with van der Waals surface area (Å²) in [6.07, 6.45) is 7.44. The van der Waals surface area contributed by atoms with Crippen molar-refractivity contribution < 1.29 is 10.0 Å². The Balaban J connectivity index is 1.45. The molecular weight excluding hydrogens is 316 g/mol. The van der Waals surface area contributed by atoms with Crippen LogP contribution in [0.2, 0.25) is 0 Å².